The Bertz CT molecular complexity index is 968. The highest BCUT2D eigenvalue weighted by molar-refractivity contribution is 7.90. The molecule has 0 spiro atoms. The number of amidine groups is 1. The lowest BCUT2D eigenvalue weighted by Gasteiger charge is -2.13. The van der Waals surface area contributed by atoms with Crippen molar-refractivity contribution in [1.82, 2.24) is 10.0 Å². The van der Waals surface area contributed by atoms with Crippen molar-refractivity contribution in [3.05, 3.63) is 59.7 Å². The van der Waals surface area contributed by atoms with Crippen LogP contribution in [0.15, 0.2) is 58.4 Å². The Labute approximate surface area is 152 Å². The van der Waals surface area contributed by atoms with E-state index in [0.29, 0.717) is 12.1 Å². The van der Waals surface area contributed by atoms with Gasteiger partial charge in [-0.15, -0.1) is 0 Å². The molecule has 2 aromatic rings. The van der Waals surface area contributed by atoms with Gasteiger partial charge < -0.3 is 10.2 Å². The van der Waals surface area contributed by atoms with Crippen LogP contribution in [-0.4, -0.2) is 40.8 Å². The van der Waals surface area contributed by atoms with Gasteiger partial charge in [0, 0.05) is 31.9 Å². The minimum absolute atomic E-state index is 0.153. The molecule has 0 bridgehead atoms. The summed E-state index contributed by atoms with van der Waals surface area (Å²) in [5, 5.41) is 2.79. The van der Waals surface area contributed by atoms with E-state index in [0.717, 1.165) is 11.3 Å². The van der Waals surface area contributed by atoms with Crippen LogP contribution >= 0.6 is 0 Å². The Morgan fingerprint density at radius 3 is 2.69 bits per heavy atom. The number of aliphatic imine (C=N–C) groups is 1. The van der Waals surface area contributed by atoms with Crippen LogP contribution in [0.5, 0.6) is 0 Å². The first-order valence-electron chi connectivity index (χ1n) is 8.06. The molecule has 0 unspecified atom stereocenters. The SMILES string of the molecule is CN(C)c1cccc(CNC(=O)CN=C2NS(=O)(=O)c3ccccc32)c1. The number of carbonyl (C=O) groups excluding carboxylic acids is 1. The number of hydrogen-bond donors (Lipinski definition) is 2. The van der Waals surface area contributed by atoms with Crippen molar-refractivity contribution in [3.8, 4) is 0 Å². The molecule has 1 amide bonds. The third-order valence-electron chi connectivity index (χ3n) is 3.96. The number of carbonyl (C=O) groups is 1. The van der Waals surface area contributed by atoms with Crippen LogP contribution in [0.3, 0.4) is 0 Å². The molecule has 1 aliphatic heterocycles. The number of anilines is 1. The molecule has 0 atom stereocenters. The third kappa shape index (κ3) is 3.85. The molecule has 0 aliphatic carbocycles. The van der Waals surface area contributed by atoms with Crippen molar-refractivity contribution in [2.75, 3.05) is 25.5 Å². The van der Waals surface area contributed by atoms with E-state index in [1.54, 1.807) is 18.2 Å². The minimum Gasteiger partial charge on any atom is -0.378 e. The molecular weight excluding hydrogens is 352 g/mol. The fourth-order valence-corrected chi connectivity index (χ4v) is 3.85. The number of rotatable bonds is 5. The Morgan fingerprint density at radius 2 is 1.92 bits per heavy atom. The molecule has 0 aromatic heterocycles. The van der Waals surface area contributed by atoms with Gasteiger partial charge >= 0.3 is 0 Å². The summed E-state index contributed by atoms with van der Waals surface area (Å²) in [6, 6.07) is 14.4. The van der Waals surface area contributed by atoms with Crippen LogP contribution in [0.1, 0.15) is 11.1 Å². The van der Waals surface area contributed by atoms with E-state index in [1.807, 2.05) is 43.3 Å². The average molecular weight is 372 g/mol. The Kier molecular flexibility index (Phi) is 4.94. The molecule has 136 valence electrons. The standard InChI is InChI=1S/C18H20N4O3S/c1-22(2)14-7-5-6-13(10-14)11-19-17(23)12-20-18-15-8-3-4-9-16(15)26(24,25)21-18/h3-10H,11-12H2,1-2H3,(H,19,23)(H,20,21). The number of nitrogens with zero attached hydrogens (tertiary/aromatic N) is 2. The van der Waals surface area contributed by atoms with E-state index in [1.165, 1.54) is 6.07 Å². The van der Waals surface area contributed by atoms with Crippen molar-refractivity contribution in [2.24, 2.45) is 4.99 Å². The fraction of sp³-hybridized carbons (Fsp3) is 0.222. The monoisotopic (exact) mass is 372 g/mol. The zero-order valence-corrected chi connectivity index (χ0v) is 15.4. The first-order chi connectivity index (χ1) is 12.4. The predicted octanol–water partition coefficient (Wildman–Crippen LogP) is 1.11. The van der Waals surface area contributed by atoms with Gasteiger partial charge in [-0.3, -0.25) is 14.5 Å². The van der Waals surface area contributed by atoms with Gasteiger partial charge in [0.1, 0.15) is 12.4 Å². The smallest absolute Gasteiger partial charge is 0.263 e. The van der Waals surface area contributed by atoms with Crippen molar-refractivity contribution in [1.29, 1.82) is 0 Å². The highest BCUT2D eigenvalue weighted by atomic mass is 32.2. The Morgan fingerprint density at radius 1 is 1.15 bits per heavy atom. The number of nitrogens with one attached hydrogen (secondary N) is 2. The minimum atomic E-state index is -3.59. The number of benzene rings is 2. The lowest BCUT2D eigenvalue weighted by molar-refractivity contribution is -0.119. The molecule has 3 rings (SSSR count). The zero-order chi connectivity index (χ0) is 18.7. The van der Waals surface area contributed by atoms with E-state index in [9.17, 15) is 13.2 Å². The van der Waals surface area contributed by atoms with Crippen LogP contribution < -0.4 is 14.9 Å². The molecule has 0 fully saturated rings. The highest BCUT2D eigenvalue weighted by Crippen LogP contribution is 2.22. The van der Waals surface area contributed by atoms with Gasteiger partial charge in [-0.1, -0.05) is 24.3 Å². The van der Waals surface area contributed by atoms with Gasteiger partial charge in [-0.2, -0.15) is 0 Å². The van der Waals surface area contributed by atoms with Gasteiger partial charge in [0.25, 0.3) is 10.0 Å². The molecule has 2 aromatic carbocycles. The molecule has 0 saturated carbocycles. The molecule has 1 heterocycles. The first kappa shape index (κ1) is 17.9. The van der Waals surface area contributed by atoms with Gasteiger partial charge in [0.15, 0.2) is 0 Å². The number of fused-ring (bicyclic) bond motifs is 1. The Balaban J connectivity index is 1.63. The van der Waals surface area contributed by atoms with Gasteiger partial charge in [0.2, 0.25) is 5.91 Å². The van der Waals surface area contributed by atoms with E-state index < -0.39 is 10.0 Å². The van der Waals surface area contributed by atoms with Crippen LogP contribution in [0, 0.1) is 0 Å². The van der Waals surface area contributed by atoms with Gasteiger partial charge in [-0.05, 0) is 29.8 Å². The van der Waals surface area contributed by atoms with E-state index in [-0.39, 0.29) is 23.2 Å². The highest BCUT2D eigenvalue weighted by Gasteiger charge is 2.30. The first-order valence-corrected chi connectivity index (χ1v) is 9.55. The van der Waals surface area contributed by atoms with Crippen LogP contribution in [0.25, 0.3) is 0 Å². The molecule has 0 saturated heterocycles. The maximum atomic E-state index is 12.1. The zero-order valence-electron chi connectivity index (χ0n) is 14.6. The summed E-state index contributed by atoms with van der Waals surface area (Å²) in [7, 11) is 0.317. The summed E-state index contributed by atoms with van der Waals surface area (Å²) in [6.07, 6.45) is 0. The van der Waals surface area contributed by atoms with Gasteiger partial charge in [-0.25, -0.2) is 8.42 Å². The lowest BCUT2D eigenvalue weighted by Crippen LogP contribution is -2.28. The normalized spacial score (nSPS) is 16.0. The van der Waals surface area contributed by atoms with Crippen LogP contribution in [0.4, 0.5) is 5.69 Å². The summed E-state index contributed by atoms with van der Waals surface area (Å²) in [5.74, 6) is -0.0818. The molecule has 1 aliphatic rings. The maximum Gasteiger partial charge on any atom is 0.263 e. The molecule has 26 heavy (non-hydrogen) atoms. The molecule has 7 nitrogen and oxygen atoms in total. The quantitative estimate of drug-likeness (QED) is 0.823. The second-order valence-corrected chi connectivity index (χ2v) is 7.76. The van der Waals surface area contributed by atoms with E-state index >= 15 is 0 Å². The Hall–Kier alpha value is -2.87. The summed E-state index contributed by atoms with van der Waals surface area (Å²) < 4.78 is 26.4. The van der Waals surface area contributed by atoms with Crippen molar-refractivity contribution < 1.29 is 13.2 Å². The molecule has 0 radical (unpaired) electrons. The second-order valence-electron chi connectivity index (χ2n) is 6.11. The average Bonchev–Trinajstić information content (AvgIpc) is 2.89. The number of amides is 1. The topological polar surface area (TPSA) is 90.9 Å². The predicted molar refractivity (Wildman–Crippen MR) is 101 cm³/mol. The van der Waals surface area contributed by atoms with Crippen LogP contribution in [0.2, 0.25) is 0 Å². The summed E-state index contributed by atoms with van der Waals surface area (Å²) in [4.78, 5) is 18.4. The summed E-state index contributed by atoms with van der Waals surface area (Å²) in [6.45, 7) is 0.229. The molecule has 8 heteroatoms. The lowest BCUT2D eigenvalue weighted by atomic mass is 10.2. The fourth-order valence-electron chi connectivity index (χ4n) is 2.60. The summed E-state index contributed by atoms with van der Waals surface area (Å²) in [5.41, 5.74) is 2.51. The molecular formula is C18H20N4O3S. The van der Waals surface area contributed by atoms with E-state index in [2.05, 4.69) is 15.0 Å². The van der Waals surface area contributed by atoms with Crippen molar-refractivity contribution in [3.63, 3.8) is 0 Å². The second kappa shape index (κ2) is 7.17. The number of hydrogen-bond acceptors (Lipinski definition) is 5. The maximum absolute atomic E-state index is 12.1. The summed E-state index contributed by atoms with van der Waals surface area (Å²) >= 11 is 0. The third-order valence-corrected chi connectivity index (χ3v) is 5.36. The van der Waals surface area contributed by atoms with Crippen molar-refractivity contribution >= 4 is 27.5 Å². The largest absolute Gasteiger partial charge is 0.378 e. The van der Waals surface area contributed by atoms with Crippen molar-refractivity contribution in [2.45, 2.75) is 11.4 Å². The number of sulfonamides is 1. The van der Waals surface area contributed by atoms with Gasteiger partial charge in [0.05, 0.1) is 4.90 Å². The molecule has 2 N–H and O–H groups in total. The van der Waals surface area contributed by atoms with E-state index in [4.69, 9.17) is 0 Å². The van der Waals surface area contributed by atoms with Crippen LogP contribution in [-0.2, 0) is 21.4 Å².